The van der Waals surface area contributed by atoms with Gasteiger partial charge in [0.25, 0.3) is 5.91 Å². The number of halogens is 3. The number of ether oxygens (including phenoxy) is 4. The minimum absolute atomic E-state index is 0.00796. The van der Waals surface area contributed by atoms with Gasteiger partial charge >= 0.3 is 18.1 Å². The third-order valence-corrected chi connectivity index (χ3v) is 8.56. The van der Waals surface area contributed by atoms with Crippen LogP contribution >= 0.6 is 0 Å². The summed E-state index contributed by atoms with van der Waals surface area (Å²) in [5.74, 6) is -2.41. The first-order valence-corrected chi connectivity index (χ1v) is 18.6. The van der Waals surface area contributed by atoms with Gasteiger partial charge in [-0.15, -0.1) is 0 Å². The first-order chi connectivity index (χ1) is 27.2. The number of alkyl halides is 3. The lowest BCUT2D eigenvalue weighted by molar-refractivity contribution is -0.139. The van der Waals surface area contributed by atoms with E-state index in [-0.39, 0.29) is 40.6 Å². The van der Waals surface area contributed by atoms with Crippen LogP contribution in [0.25, 0.3) is 0 Å². The molecule has 11 nitrogen and oxygen atoms in total. The molecule has 0 saturated carbocycles. The van der Waals surface area contributed by atoms with Crippen molar-refractivity contribution in [3.63, 3.8) is 0 Å². The monoisotopic (exact) mass is 792 g/mol. The molecule has 304 valence electrons. The number of carboxylic acids is 1. The number of amides is 2. The van der Waals surface area contributed by atoms with Gasteiger partial charge in [0.2, 0.25) is 5.91 Å². The van der Waals surface area contributed by atoms with Gasteiger partial charge in [0.05, 0.1) is 42.9 Å². The van der Waals surface area contributed by atoms with E-state index in [9.17, 15) is 37.5 Å². The fourth-order valence-corrected chi connectivity index (χ4v) is 5.77. The van der Waals surface area contributed by atoms with Crippen molar-refractivity contribution in [3.05, 3.63) is 113 Å². The fourth-order valence-electron chi connectivity index (χ4n) is 5.77. The van der Waals surface area contributed by atoms with Crippen LogP contribution in [0.15, 0.2) is 84.9 Å². The maximum atomic E-state index is 13.9. The Morgan fingerprint density at radius 1 is 0.825 bits per heavy atom. The second-order valence-corrected chi connectivity index (χ2v) is 13.5. The highest BCUT2D eigenvalue weighted by Gasteiger charge is 2.34. The number of esters is 1. The van der Waals surface area contributed by atoms with Crippen molar-refractivity contribution in [2.24, 2.45) is 0 Å². The van der Waals surface area contributed by atoms with Gasteiger partial charge in [-0.2, -0.15) is 13.2 Å². The van der Waals surface area contributed by atoms with Gasteiger partial charge in [0.1, 0.15) is 29.5 Å². The Labute approximate surface area is 329 Å². The van der Waals surface area contributed by atoms with E-state index in [1.54, 1.807) is 50.2 Å². The van der Waals surface area contributed by atoms with Crippen molar-refractivity contribution < 1.29 is 56.4 Å². The van der Waals surface area contributed by atoms with Gasteiger partial charge in [-0.25, -0.2) is 4.79 Å². The molecular weight excluding hydrogens is 745 g/mol. The molecule has 2 amide bonds. The number of benzene rings is 4. The SMILES string of the molecule is CCCCCCCOc1ccc(C(=O)Oc2ccc(CN(CC(=O)O)C(=O)c3ccc(NC(=O)Cc4ccc(OC)cc4C(F)(F)F)cc3OC(C)C)cc2)cc1. The standard InChI is InChI=1S/C43H47F3N2O9/c1-5-6-7-8-9-22-55-33-18-12-30(13-19-33)42(53)57-34-16-10-29(11-17-34)26-48(27-40(50)51)41(52)36-21-15-32(24-38(36)56-28(2)3)47-39(49)23-31-14-20-35(54-4)25-37(31)43(44,45)46/h10-21,24-25,28H,5-9,22-23,26-27H2,1-4H3,(H,47,49)(H,50,51). The molecule has 0 aliphatic heterocycles. The maximum Gasteiger partial charge on any atom is 0.416 e. The first kappa shape index (κ1) is 43.7. The van der Waals surface area contributed by atoms with Crippen molar-refractivity contribution in [1.29, 1.82) is 0 Å². The Bertz CT molecular complexity index is 1980. The van der Waals surface area contributed by atoms with Gasteiger partial charge in [-0.1, -0.05) is 50.8 Å². The average Bonchev–Trinajstić information content (AvgIpc) is 3.16. The van der Waals surface area contributed by atoms with Gasteiger partial charge in [0, 0.05) is 18.3 Å². The average molecular weight is 793 g/mol. The van der Waals surface area contributed by atoms with E-state index in [0.29, 0.717) is 23.5 Å². The van der Waals surface area contributed by atoms with Crippen molar-refractivity contribution in [3.8, 4) is 23.0 Å². The maximum absolute atomic E-state index is 13.9. The zero-order valence-electron chi connectivity index (χ0n) is 32.3. The zero-order valence-corrected chi connectivity index (χ0v) is 32.3. The molecule has 2 N–H and O–H groups in total. The van der Waals surface area contributed by atoms with Crippen LogP contribution in [0, 0.1) is 0 Å². The van der Waals surface area contributed by atoms with Crippen molar-refractivity contribution in [2.45, 2.75) is 78.1 Å². The smallest absolute Gasteiger partial charge is 0.416 e. The molecule has 57 heavy (non-hydrogen) atoms. The summed E-state index contributed by atoms with van der Waals surface area (Å²) in [6.07, 6.45) is -0.161. The lowest BCUT2D eigenvalue weighted by Gasteiger charge is -2.23. The number of carboxylic acid groups (broad SMARTS) is 1. The van der Waals surface area contributed by atoms with Crippen LogP contribution in [-0.2, 0) is 28.7 Å². The number of hydrogen-bond donors (Lipinski definition) is 2. The Hall–Kier alpha value is -6.05. The minimum Gasteiger partial charge on any atom is -0.497 e. The first-order valence-electron chi connectivity index (χ1n) is 18.6. The molecule has 0 unspecified atom stereocenters. The number of carbonyl (C=O) groups excluding carboxylic acids is 3. The third-order valence-electron chi connectivity index (χ3n) is 8.56. The molecule has 4 rings (SSSR count). The molecule has 0 aromatic heterocycles. The summed E-state index contributed by atoms with van der Waals surface area (Å²) in [6.45, 7) is 5.36. The lowest BCUT2D eigenvalue weighted by atomic mass is 10.0. The van der Waals surface area contributed by atoms with Crippen LogP contribution in [0.4, 0.5) is 18.9 Å². The van der Waals surface area contributed by atoms with E-state index in [1.165, 1.54) is 68.8 Å². The summed E-state index contributed by atoms with van der Waals surface area (Å²) >= 11 is 0. The molecule has 0 radical (unpaired) electrons. The molecule has 0 heterocycles. The summed E-state index contributed by atoms with van der Waals surface area (Å²) < 4.78 is 63.2. The third kappa shape index (κ3) is 13.6. The number of rotatable bonds is 20. The Balaban J connectivity index is 1.42. The van der Waals surface area contributed by atoms with Crippen LogP contribution in [0.1, 0.15) is 90.3 Å². The summed E-state index contributed by atoms with van der Waals surface area (Å²) in [5.41, 5.74) is -0.279. The van der Waals surface area contributed by atoms with Crippen molar-refractivity contribution in [1.82, 2.24) is 4.90 Å². The molecular formula is C43H47F3N2O9. The Morgan fingerprint density at radius 2 is 1.49 bits per heavy atom. The molecule has 4 aromatic rings. The number of carbonyl (C=O) groups is 4. The molecule has 0 saturated heterocycles. The van der Waals surface area contributed by atoms with E-state index in [1.807, 2.05) is 0 Å². The van der Waals surface area contributed by atoms with Crippen LogP contribution in [0.3, 0.4) is 0 Å². The molecule has 0 aliphatic rings. The predicted octanol–water partition coefficient (Wildman–Crippen LogP) is 8.98. The van der Waals surface area contributed by atoms with Gasteiger partial charge in [-0.3, -0.25) is 14.4 Å². The minimum atomic E-state index is -4.72. The fraction of sp³-hybridized carbons (Fsp3) is 0.349. The summed E-state index contributed by atoms with van der Waals surface area (Å²) in [5, 5.41) is 12.2. The van der Waals surface area contributed by atoms with Crippen LogP contribution in [0.5, 0.6) is 23.0 Å². The number of nitrogens with zero attached hydrogens (tertiary/aromatic N) is 1. The number of aliphatic carboxylic acids is 1. The second-order valence-electron chi connectivity index (χ2n) is 13.5. The van der Waals surface area contributed by atoms with Crippen LogP contribution < -0.4 is 24.3 Å². The van der Waals surface area contributed by atoms with Gasteiger partial charge in [0.15, 0.2) is 0 Å². The number of anilines is 1. The second kappa shape index (κ2) is 20.7. The van der Waals surface area contributed by atoms with E-state index in [0.717, 1.165) is 23.8 Å². The number of unbranched alkanes of at least 4 members (excludes halogenated alkanes) is 4. The summed E-state index contributed by atoms with van der Waals surface area (Å²) in [7, 11) is 1.24. The molecule has 4 aromatic carbocycles. The summed E-state index contributed by atoms with van der Waals surface area (Å²) in [4.78, 5) is 52.5. The van der Waals surface area contributed by atoms with Crippen LogP contribution in [0.2, 0.25) is 0 Å². The van der Waals surface area contributed by atoms with Crippen molar-refractivity contribution >= 4 is 29.4 Å². The lowest BCUT2D eigenvalue weighted by Crippen LogP contribution is -2.35. The number of methoxy groups -OCH3 is 1. The van der Waals surface area contributed by atoms with Crippen molar-refractivity contribution in [2.75, 3.05) is 25.6 Å². The molecule has 0 spiro atoms. The number of hydrogen-bond acceptors (Lipinski definition) is 8. The normalized spacial score (nSPS) is 11.2. The highest BCUT2D eigenvalue weighted by Crippen LogP contribution is 2.35. The highest BCUT2D eigenvalue weighted by molar-refractivity contribution is 6.00. The summed E-state index contributed by atoms with van der Waals surface area (Å²) in [6, 6.07) is 20.3. The molecule has 0 bridgehead atoms. The number of nitrogens with one attached hydrogen (secondary N) is 1. The van der Waals surface area contributed by atoms with E-state index in [4.69, 9.17) is 18.9 Å². The Kier molecular flexibility index (Phi) is 15.9. The van der Waals surface area contributed by atoms with Gasteiger partial charge < -0.3 is 34.3 Å². The van der Waals surface area contributed by atoms with Crippen LogP contribution in [-0.4, -0.2) is 60.1 Å². The predicted molar refractivity (Wildman–Crippen MR) is 207 cm³/mol. The zero-order chi connectivity index (χ0) is 41.5. The Morgan fingerprint density at radius 3 is 2.12 bits per heavy atom. The van der Waals surface area contributed by atoms with Gasteiger partial charge in [-0.05, 0) is 92.1 Å². The highest BCUT2D eigenvalue weighted by atomic mass is 19.4. The molecule has 14 heteroatoms. The molecule has 0 aliphatic carbocycles. The topological polar surface area (TPSA) is 141 Å². The van der Waals surface area contributed by atoms with E-state index >= 15 is 0 Å². The van der Waals surface area contributed by atoms with E-state index in [2.05, 4.69) is 12.2 Å². The largest absolute Gasteiger partial charge is 0.497 e. The molecule has 0 atom stereocenters. The van der Waals surface area contributed by atoms with E-state index < -0.39 is 54.6 Å². The quantitative estimate of drug-likeness (QED) is 0.0510. The molecule has 0 fully saturated rings.